The van der Waals surface area contributed by atoms with E-state index in [1.165, 1.54) is 5.56 Å². The van der Waals surface area contributed by atoms with Crippen molar-refractivity contribution >= 4 is 5.69 Å². The molecule has 0 aliphatic carbocycles. The third-order valence-electron chi connectivity index (χ3n) is 2.70. The van der Waals surface area contributed by atoms with Gasteiger partial charge >= 0.3 is 0 Å². The molecular weight excluding hydrogens is 162 g/mol. The zero-order valence-corrected chi connectivity index (χ0v) is 7.92. The first kappa shape index (κ1) is 8.57. The first-order valence-corrected chi connectivity index (χ1v) is 4.71. The lowest BCUT2D eigenvalue weighted by molar-refractivity contribution is 0.194. The summed E-state index contributed by atoms with van der Waals surface area (Å²) >= 11 is 0. The highest BCUT2D eigenvalue weighted by Crippen LogP contribution is 2.27. The van der Waals surface area contributed by atoms with E-state index in [-0.39, 0.29) is 0 Å². The van der Waals surface area contributed by atoms with Crippen LogP contribution in [0, 0.1) is 6.92 Å². The van der Waals surface area contributed by atoms with E-state index < -0.39 is 0 Å². The molecule has 0 saturated carbocycles. The topological polar surface area (TPSA) is 35.2 Å². The van der Waals surface area contributed by atoms with Gasteiger partial charge in [0.2, 0.25) is 0 Å². The van der Waals surface area contributed by atoms with E-state index in [9.17, 15) is 0 Å². The number of aryl methyl sites for hydroxylation is 1. The summed E-state index contributed by atoms with van der Waals surface area (Å²) in [5, 5.41) is 0. The van der Waals surface area contributed by atoms with Gasteiger partial charge in [-0.05, 0) is 30.5 Å². The molecule has 70 valence electrons. The van der Waals surface area contributed by atoms with Crippen molar-refractivity contribution in [1.29, 1.82) is 0 Å². The zero-order valence-electron chi connectivity index (χ0n) is 7.92. The first-order valence-electron chi connectivity index (χ1n) is 4.71. The maximum Gasteiger partial charge on any atom is 0.0535 e. The zero-order chi connectivity index (χ0) is 9.26. The van der Waals surface area contributed by atoms with Crippen LogP contribution in [0.1, 0.15) is 23.5 Å². The molecule has 1 aliphatic rings. The molecule has 2 N–H and O–H groups in total. The van der Waals surface area contributed by atoms with Gasteiger partial charge in [-0.2, -0.15) is 0 Å². The molecule has 1 fully saturated rings. The summed E-state index contributed by atoms with van der Waals surface area (Å²) in [6.07, 6.45) is 1.13. The predicted octanol–water partition coefficient (Wildman–Crippen LogP) is 2.08. The molecule has 2 nitrogen and oxygen atoms in total. The van der Waals surface area contributed by atoms with Crippen molar-refractivity contribution in [3.05, 3.63) is 29.3 Å². The molecule has 1 atom stereocenters. The van der Waals surface area contributed by atoms with Crippen molar-refractivity contribution in [2.24, 2.45) is 0 Å². The molecule has 0 radical (unpaired) electrons. The number of rotatable bonds is 1. The molecular formula is C11H15NO. The third kappa shape index (κ3) is 1.68. The number of anilines is 1. The summed E-state index contributed by atoms with van der Waals surface area (Å²) in [5.74, 6) is 0.558. The Balaban J connectivity index is 2.25. The molecule has 1 aromatic carbocycles. The molecule has 0 aromatic heterocycles. The van der Waals surface area contributed by atoms with Crippen molar-refractivity contribution in [2.75, 3.05) is 18.9 Å². The Bertz CT molecular complexity index is 303. The minimum absolute atomic E-state index is 0.558. The Morgan fingerprint density at radius 3 is 2.92 bits per heavy atom. The second kappa shape index (κ2) is 3.38. The highest BCUT2D eigenvalue weighted by Gasteiger charge is 2.17. The van der Waals surface area contributed by atoms with E-state index in [0.29, 0.717) is 5.92 Å². The minimum atomic E-state index is 0.558. The quantitative estimate of drug-likeness (QED) is 0.666. The number of nitrogen functional groups attached to an aromatic ring is 1. The van der Waals surface area contributed by atoms with Crippen LogP contribution in [-0.2, 0) is 4.74 Å². The van der Waals surface area contributed by atoms with Gasteiger partial charge in [0.25, 0.3) is 0 Å². The van der Waals surface area contributed by atoms with Crippen LogP contribution in [0.15, 0.2) is 18.2 Å². The Morgan fingerprint density at radius 1 is 1.46 bits per heavy atom. The molecule has 1 unspecified atom stereocenters. The number of nitrogens with two attached hydrogens (primary N) is 1. The fraction of sp³-hybridized carbons (Fsp3) is 0.455. The lowest BCUT2D eigenvalue weighted by Crippen LogP contribution is -1.99. The van der Waals surface area contributed by atoms with Crippen molar-refractivity contribution in [2.45, 2.75) is 19.3 Å². The van der Waals surface area contributed by atoms with Crippen LogP contribution in [0.4, 0.5) is 5.69 Å². The Kier molecular flexibility index (Phi) is 2.23. The van der Waals surface area contributed by atoms with Crippen LogP contribution in [-0.4, -0.2) is 13.2 Å². The van der Waals surface area contributed by atoms with Gasteiger partial charge in [-0.25, -0.2) is 0 Å². The summed E-state index contributed by atoms with van der Waals surface area (Å²) in [6, 6.07) is 6.32. The van der Waals surface area contributed by atoms with Crippen LogP contribution in [0.3, 0.4) is 0 Å². The van der Waals surface area contributed by atoms with Crippen molar-refractivity contribution in [3.63, 3.8) is 0 Å². The molecule has 0 spiro atoms. The van der Waals surface area contributed by atoms with Crippen LogP contribution >= 0.6 is 0 Å². The van der Waals surface area contributed by atoms with Gasteiger partial charge in [-0.1, -0.05) is 12.1 Å². The summed E-state index contributed by atoms with van der Waals surface area (Å²) in [6.45, 7) is 3.77. The lowest BCUT2D eigenvalue weighted by atomic mass is 9.97. The molecule has 1 heterocycles. The molecule has 1 aliphatic heterocycles. The highest BCUT2D eigenvalue weighted by atomic mass is 16.5. The Labute approximate surface area is 78.7 Å². The van der Waals surface area contributed by atoms with E-state index >= 15 is 0 Å². The Morgan fingerprint density at radius 2 is 2.31 bits per heavy atom. The normalized spacial score (nSPS) is 22.1. The minimum Gasteiger partial charge on any atom is -0.399 e. The van der Waals surface area contributed by atoms with Crippen LogP contribution in [0.5, 0.6) is 0 Å². The predicted molar refractivity (Wildman–Crippen MR) is 53.8 cm³/mol. The number of benzene rings is 1. The standard InChI is InChI=1S/C11H15NO/c1-8-2-3-9(6-11(8)12)10-4-5-13-7-10/h2-3,6,10H,4-5,7,12H2,1H3. The smallest absolute Gasteiger partial charge is 0.0535 e. The second-order valence-electron chi connectivity index (χ2n) is 3.68. The molecule has 1 aromatic rings. The summed E-state index contributed by atoms with van der Waals surface area (Å²) in [4.78, 5) is 0. The lowest BCUT2D eigenvalue weighted by Gasteiger charge is -2.09. The van der Waals surface area contributed by atoms with E-state index in [1.807, 2.05) is 6.92 Å². The number of hydrogen-bond acceptors (Lipinski definition) is 2. The van der Waals surface area contributed by atoms with Crippen LogP contribution in [0.2, 0.25) is 0 Å². The van der Waals surface area contributed by atoms with Gasteiger partial charge in [0, 0.05) is 18.2 Å². The molecule has 0 bridgehead atoms. The average molecular weight is 177 g/mol. The molecule has 1 saturated heterocycles. The van der Waals surface area contributed by atoms with Gasteiger partial charge in [0.1, 0.15) is 0 Å². The van der Waals surface area contributed by atoms with Crippen LogP contribution < -0.4 is 5.73 Å². The van der Waals surface area contributed by atoms with Crippen molar-refractivity contribution in [1.82, 2.24) is 0 Å². The van der Waals surface area contributed by atoms with Gasteiger partial charge in [-0.3, -0.25) is 0 Å². The van der Waals surface area contributed by atoms with E-state index in [1.54, 1.807) is 0 Å². The largest absolute Gasteiger partial charge is 0.399 e. The SMILES string of the molecule is Cc1ccc(C2CCOC2)cc1N. The average Bonchev–Trinajstić information content (AvgIpc) is 2.62. The highest BCUT2D eigenvalue weighted by molar-refractivity contribution is 5.49. The summed E-state index contributed by atoms with van der Waals surface area (Å²) in [5.41, 5.74) is 9.22. The molecule has 2 rings (SSSR count). The van der Waals surface area contributed by atoms with Crippen LogP contribution in [0.25, 0.3) is 0 Å². The van der Waals surface area contributed by atoms with Gasteiger partial charge in [0.05, 0.1) is 6.61 Å². The first-order chi connectivity index (χ1) is 6.27. The summed E-state index contributed by atoms with van der Waals surface area (Å²) < 4.78 is 5.34. The van der Waals surface area contributed by atoms with E-state index in [0.717, 1.165) is 30.9 Å². The van der Waals surface area contributed by atoms with E-state index in [2.05, 4.69) is 18.2 Å². The van der Waals surface area contributed by atoms with E-state index in [4.69, 9.17) is 10.5 Å². The van der Waals surface area contributed by atoms with Crippen molar-refractivity contribution in [3.8, 4) is 0 Å². The third-order valence-corrected chi connectivity index (χ3v) is 2.70. The van der Waals surface area contributed by atoms with Crippen molar-refractivity contribution < 1.29 is 4.74 Å². The maximum atomic E-state index is 5.85. The fourth-order valence-electron chi connectivity index (χ4n) is 1.71. The van der Waals surface area contributed by atoms with Gasteiger partial charge in [-0.15, -0.1) is 0 Å². The molecule has 0 amide bonds. The molecule has 2 heteroatoms. The van der Waals surface area contributed by atoms with Gasteiger partial charge in [0.15, 0.2) is 0 Å². The maximum absolute atomic E-state index is 5.85. The second-order valence-corrected chi connectivity index (χ2v) is 3.68. The monoisotopic (exact) mass is 177 g/mol. The number of hydrogen-bond donors (Lipinski definition) is 1. The van der Waals surface area contributed by atoms with Gasteiger partial charge < -0.3 is 10.5 Å². The fourth-order valence-corrected chi connectivity index (χ4v) is 1.71. The Hall–Kier alpha value is -1.02. The number of ether oxygens (including phenoxy) is 1. The molecule has 13 heavy (non-hydrogen) atoms. The summed E-state index contributed by atoms with van der Waals surface area (Å²) in [7, 11) is 0.